The molecule has 0 aromatic rings. The van der Waals surface area contributed by atoms with Gasteiger partial charge in [0.25, 0.3) is 0 Å². The molecule has 0 amide bonds. The van der Waals surface area contributed by atoms with Crippen LogP contribution in [0.25, 0.3) is 0 Å². The van der Waals surface area contributed by atoms with E-state index in [9.17, 15) is 13.5 Å². The molecule has 0 aromatic heterocycles. The van der Waals surface area contributed by atoms with Crippen LogP contribution in [0.4, 0.5) is 0 Å². The third-order valence-corrected chi connectivity index (χ3v) is 4.96. The lowest BCUT2D eigenvalue weighted by Gasteiger charge is -2.27. The highest BCUT2D eigenvalue weighted by atomic mass is 79.9. The number of hydrogen-bond acceptors (Lipinski definition) is 3. The lowest BCUT2D eigenvalue weighted by Crippen LogP contribution is -2.45. The molecule has 1 saturated carbocycles. The Morgan fingerprint density at radius 3 is 2.54 bits per heavy atom. The molecule has 0 radical (unpaired) electrons. The van der Waals surface area contributed by atoms with Crippen LogP contribution >= 0.6 is 15.9 Å². The van der Waals surface area contributed by atoms with Crippen LogP contribution < -0.4 is 4.72 Å². The summed E-state index contributed by atoms with van der Waals surface area (Å²) in [5.74, 6) is 0. The molecule has 4 nitrogen and oxygen atoms in total. The van der Waals surface area contributed by atoms with E-state index in [4.69, 9.17) is 0 Å². The van der Waals surface area contributed by atoms with Crippen LogP contribution in [0.15, 0.2) is 0 Å². The zero-order valence-corrected chi connectivity index (χ0v) is 9.64. The van der Waals surface area contributed by atoms with Gasteiger partial charge in [-0.2, -0.15) is 0 Å². The van der Waals surface area contributed by atoms with Gasteiger partial charge in [0.15, 0.2) is 0 Å². The smallest absolute Gasteiger partial charge is 0.221 e. The fourth-order valence-electron chi connectivity index (χ4n) is 1.51. The van der Waals surface area contributed by atoms with Crippen molar-refractivity contribution >= 4 is 26.0 Å². The quantitative estimate of drug-likeness (QED) is 0.738. The van der Waals surface area contributed by atoms with Crippen LogP contribution in [0.5, 0.6) is 0 Å². The van der Waals surface area contributed by atoms with E-state index >= 15 is 0 Å². The molecule has 1 aliphatic rings. The molecule has 1 rings (SSSR count). The largest absolute Gasteiger partial charge is 0.391 e. The molecule has 78 valence electrons. The summed E-state index contributed by atoms with van der Waals surface area (Å²) >= 11 is 2.89. The van der Waals surface area contributed by atoms with Crippen molar-refractivity contribution in [2.24, 2.45) is 0 Å². The van der Waals surface area contributed by atoms with E-state index in [0.29, 0.717) is 6.42 Å². The normalized spacial score (nSPS) is 30.3. The minimum absolute atomic E-state index is 0.108. The molecule has 0 spiro atoms. The van der Waals surface area contributed by atoms with E-state index in [0.717, 1.165) is 19.3 Å². The monoisotopic (exact) mass is 271 g/mol. The molecule has 2 atom stereocenters. The average molecular weight is 272 g/mol. The number of aliphatic hydroxyl groups excluding tert-OH is 1. The second kappa shape index (κ2) is 4.72. The first kappa shape index (κ1) is 11.4. The second-order valence-corrected chi connectivity index (χ2v) is 6.36. The second-order valence-electron chi connectivity index (χ2n) is 3.30. The van der Waals surface area contributed by atoms with Gasteiger partial charge in [0, 0.05) is 6.04 Å². The number of rotatable bonds is 3. The molecule has 0 heterocycles. The van der Waals surface area contributed by atoms with Crippen molar-refractivity contribution in [1.82, 2.24) is 4.72 Å². The van der Waals surface area contributed by atoms with Crippen molar-refractivity contribution in [3.63, 3.8) is 0 Å². The van der Waals surface area contributed by atoms with Crippen molar-refractivity contribution < 1.29 is 13.5 Å². The number of halogens is 1. The molecule has 0 aromatic carbocycles. The maximum atomic E-state index is 11.1. The third kappa shape index (κ3) is 3.53. The van der Waals surface area contributed by atoms with Crippen molar-refractivity contribution in [3.05, 3.63) is 0 Å². The van der Waals surface area contributed by atoms with Gasteiger partial charge in [-0.25, -0.2) is 13.1 Å². The van der Waals surface area contributed by atoms with Crippen LogP contribution in [0, 0.1) is 0 Å². The van der Waals surface area contributed by atoms with E-state index in [1.165, 1.54) is 0 Å². The van der Waals surface area contributed by atoms with Crippen LogP contribution in [-0.4, -0.2) is 30.3 Å². The van der Waals surface area contributed by atoms with Gasteiger partial charge < -0.3 is 5.11 Å². The van der Waals surface area contributed by atoms with Crippen molar-refractivity contribution in [1.29, 1.82) is 0 Å². The molecule has 2 N–H and O–H groups in total. The van der Waals surface area contributed by atoms with Crippen LogP contribution in [-0.2, 0) is 10.0 Å². The van der Waals surface area contributed by atoms with Gasteiger partial charge >= 0.3 is 0 Å². The average Bonchev–Trinajstić information content (AvgIpc) is 2.09. The fraction of sp³-hybridized carbons (Fsp3) is 1.00. The molecule has 13 heavy (non-hydrogen) atoms. The summed E-state index contributed by atoms with van der Waals surface area (Å²) < 4.78 is 24.7. The lowest BCUT2D eigenvalue weighted by molar-refractivity contribution is 0.101. The Balaban J connectivity index is 2.52. The summed E-state index contributed by atoms with van der Waals surface area (Å²) in [4.78, 5) is 0. The fourth-order valence-corrected chi connectivity index (χ4v) is 2.71. The van der Waals surface area contributed by atoms with Crippen LogP contribution in [0.2, 0.25) is 0 Å². The molecular weight excluding hydrogens is 258 g/mol. The standard InChI is InChI=1S/C7H14BrNO3S/c8-5-13(11,12)9-6-3-1-2-4-7(6)10/h6-7,9-10H,1-5H2/t6-,7-/m1/s1. The molecular formula is C7H14BrNO3S. The molecule has 0 unspecified atom stereocenters. The number of aliphatic hydroxyl groups is 1. The Bertz CT molecular complexity index is 254. The number of nitrogens with one attached hydrogen (secondary N) is 1. The molecule has 1 fully saturated rings. The van der Waals surface area contributed by atoms with Gasteiger partial charge in [-0.05, 0) is 12.8 Å². The van der Waals surface area contributed by atoms with Gasteiger partial charge in [0.2, 0.25) is 10.0 Å². The summed E-state index contributed by atoms with van der Waals surface area (Å²) in [6.45, 7) is 0. The number of sulfonamides is 1. The SMILES string of the molecule is O=S(=O)(CBr)N[C@@H]1CCCC[C@H]1O. The highest BCUT2D eigenvalue weighted by molar-refractivity contribution is 9.10. The predicted octanol–water partition coefficient (Wildman–Crippen LogP) is 0.562. The molecule has 0 aliphatic heterocycles. The summed E-state index contributed by atoms with van der Waals surface area (Å²) in [6.07, 6.45) is 2.85. The molecule has 0 saturated heterocycles. The number of alkyl halides is 1. The van der Waals surface area contributed by atoms with Gasteiger partial charge in [-0.1, -0.05) is 28.8 Å². The number of hydrogen-bond donors (Lipinski definition) is 2. The first-order valence-electron chi connectivity index (χ1n) is 4.29. The third-order valence-electron chi connectivity index (χ3n) is 2.20. The summed E-state index contributed by atoms with van der Waals surface area (Å²) in [6, 6.07) is -0.295. The van der Waals surface area contributed by atoms with E-state index in [1.54, 1.807) is 0 Å². The highest BCUT2D eigenvalue weighted by Crippen LogP contribution is 2.19. The maximum Gasteiger partial charge on any atom is 0.221 e. The van der Waals surface area contributed by atoms with Crippen molar-refractivity contribution in [2.45, 2.75) is 37.8 Å². The summed E-state index contributed by atoms with van der Waals surface area (Å²) in [7, 11) is -3.25. The Hall–Kier alpha value is 0.350. The first-order chi connectivity index (χ1) is 6.05. The minimum atomic E-state index is -3.25. The topological polar surface area (TPSA) is 66.4 Å². The van der Waals surface area contributed by atoms with E-state index in [2.05, 4.69) is 20.7 Å². The first-order valence-corrected chi connectivity index (χ1v) is 7.06. The van der Waals surface area contributed by atoms with Gasteiger partial charge in [0.1, 0.15) is 4.66 Å². The van der Waals surface area contributed by atoms with Gasteiger partial charge in [-0.3, -0.25) is 0 Å². The van der Waals surface area contributed by atoms with Crippen molar-refractivity contribution in [3.8, 4) is 0 Å². The lowest BCUT2D eigenvalue weighted by atomic mass is 9.93. The van der Waals surface area contributed by atoms with Gasteiger partial charge in [-0.15, -0.1) is 0 Å². The molecule has 0 bridgehead atoms. The zero-order valence-electron chi connectivity index (χ0n) is 7.24. The van der Waals surface area contributed by atoms with Crippen LogP contribution in [0.3, 0.4) is 0 Å². The van der Waals surface area contributed by atoms with Crippen LogP contribution in [0.1, 0.15) is 25.7 Å². The van der Waals surface area contributed by atoms with E-state index in [-0.39, 0.29) is 10.7 Å². The summed E-state index contributed by atoms with van der Waals surface area (Å²) in [5, 5.41) is 9.49. The Morgan fingerprint density at radius 1 is 1.38 bits per heavy atom. The Morgan fingerprint density at radius 2 is 2.00 bits per heavy atom. The minimum Gasteiger partial charge on any atom is -0.391 e. The molecule has 1 aliphatic carbocycles. The predicted molar refractivity (Wildman–Crippen MR) is 54.1 cm³/mol. The maximum absolute atomic E-state index is 11.1. The van der Waals surface area contributed by atoms with Gasteiger partial charge in [0.05, 0.1) is 6.10 Å². The van der Waals surface area contributed by atoms with E-state index in [1.807, 2.05) is 0 Å². The Kier molecular flexibility index (Phi) is 4.15. The summed E-state index contributed by atoms with van der Waals surface area (Å²) in [5.41, 5.74) is 0. The Labute approximate surface area is 86.9 Å². The highest BCUT2D eigenvalue weighted by Gasteiger charge is 2.26. The molecule has 6 heteroatoms. The zero-order chi connectivity index (χ0) is 9.90. The van der Waals surface area contributed by atoms with Crippen molar-refractivity contribution in [2.75, 3.05) is 4.66 Å². The van der Waals surface area contributed by atoms with E-state index < -0.39 is 16.1 Å².